The van der Waals surface area contributed by atoms with E-state index in [2.05, 4.69) is 20.6 Å². The fourth-order valence-corrected chi connectivity index (χ4v) is 3.67. The molecule has 0 saturated carbocycles. The summed E-state index contributed by atoms with van der Waals surface area (Å²) in [5, 5.41) is 15.5. The number of primary amides is 1. The summed E-state index contributed by atoms with van der Waals surface area (Å²) in [4.78, 5) is 56.9. The van der Waals surface area contributed by atoms with Crippen LogP contribution in [0.5, 0.6) is 0 Å². The first-order valence-electron chi connectivity index (χ1n) is 10.7. The standard InChI is InChI=1S/C21H28N6O8/c1-9(29)33-14-12(7-28)35-19(15(14)34-10(2)30)27-6-11(16(22)31)13-17(24-8-25-18(13)27)26-20(32)21(3,4)23-5/h6,8,12,14-15,19,23,28H,7H2,1-5H3,(H2,22,31)(H,24,25,26,32)/t12-,14?,15+,19-/m1/s1. The highest BCUT2D eigenvalue weighted by molar-refractivity contribution is 6.12. The lowest BCUT2D eigenvalue weighted by Gasteiger charge is -2.24. The Morgan fingerprint density at radius 2 is 1.80 bits per heavy atom. The molecule has 1 unspecified atom stereocenters. The Labute approximate surface area is 200 Å². The molecule has 3 heterocycles. The SMILES string of the molecule is CNC(C)(C)C(=O)Nc1ncnc2c1c(C(N)=O)cn2[C@@H]1O[C@H](CO)C(OC(C)=O)[C@@H]1OC(C)=O. The Hall–Kier alpha value is -3.62. The normalized spacial score (nSPS) is 22.1. The molecular weight excluding hydrogens is 464 g/mol. The van der Waals surface area contributed by atoms with Crippen molar-refractivity contribution in [2.75, 3.05) is 19.0 Å². The summed E-state index contributed by atoms with van der Waals surface area (Å²) in [6.45, 7) is 5.08. The van der Waals surface area contributed by atoms with E-state index in [1.165, 1.54) is 10.8 Å². The minimum atomic E-state index is -1.19. The Morgan fingerprint density at radius 3 is 2.34 bits per heavy atom. The summed E-state index contributed by atoms with van der Waals surface area (Å²) in [7, 11) is 1.62. The van der Waals surface area contributed by atoms with Gasteiger partial charge in [0.05, 0.1) is 23.1 Å². The second kappa shape index (κ2) is 9.93. The molecule has 2 amide bonds. The molecule has 14 heteroatoms. The molecule has 0 aromatic carbocycles. The molecule has 0 bridgehead atoms. The van der Waals surface area contributed by atoms with Crippen LogP contribution in [-0.2, 0) is 28.6 Å². The number of carbonyl (C=O) groups excluding carboxylic acids is 4. The van der Waals surface area contributed by atoms with Gasteiger partial charge in [-0.05, 0) is 20.9 Å². The summed E-state index contributed by atoms with van der Waals surface area (Å²) in [6.07, 6.45) is -2.07. The zero-order valence-electron chi connectivity index (χ0n) is 19.9. The predicted octanol–water partition coefficient (Wildman–Crippen LogP) is -0.780. The number of esters is 2. The third-order valence-corrected chi connectivity index (χ3v) is 5.64. The molecule has 1 fully saturated rings. The number of amides is 2. The number of rotatable bonds is 8. The number of likely N-dealkylation sites (N-methyl/N-ethyl adjacent to an activating group) is 1. The summed E-state index contributed by atoms with van der Waals surface area (Å²) in [5.41, 5.74) is 4.71. The summed E-state index contributed by atoms with van der Waals surface area (Å²) in [5.74, 6) is -2.63. The van der Waals surface area contributed by atoms with Gasteiger partial charge in [0.15, 0.2) is 18.4 Å². The number of ether oxygens (including phenoxy) is 3. The van der Waals surface area contributed by atoms with E-state index in [0.29, 0.717) is 0 Å². The van der Waals surface area contributed by atoms with Gasteiger partial charge in [-0.15, -0.1) is 0 Å². The number of carbonyl (C=O) groups is 4. The average molecular weight is 492 g/mol. The largest absolute Gasteiger partial charge is 0.456 e. The predicted molar refractivity (Wildman–Crippen MR) is 120 cm³/mol. The highest BCUT2D eigenvalue weighted by Crippen LogP contribution is 2.38. The topological polar surface area (TPSA) is 197 Å². The molecule has 0 radical (unpaired) electrons. The molecule has 190 valence electrons. The summed E-state index contributed by atoms with van der Waals surface area (Å²) in [6, 6.07) is 0. The van der Waals surface area contributed by atoms with Gasteiger partial charge in [-0.2, -0.15) is 0 Å². The number of anilines is 1. The lowest BCUT2D eigenvalue weighted by Crippen LogP contribution is -2.48. The quantitative estimate of drug-likeness (QED) is 0.337. The molecule has 0 spiro atoms. The molecule has 5 N–H and O–H groups in total. The molecule has 2 aromatic rings. The maximum absolute atomic E-state index is 12.7. The lowest BCUT2D eigenvalue weighted by atomic mass is 10.1. The Balaban J connectivity index is 2.16. The van der Waals surface area contributed by atoms with E-state index < -0.39 is 60.4 Å². The van der Waals surface area contributed by atoms with Crippen LogP contribution in [0.4, 0.5) is 5.82 Å². The van der Waals surface area contributed by atoms with Crippen LogP contribution >= 0.6 is 0 Å². The van der Waals surface area contributed by atoms with Crippen LogP contribution in [0.1, 0.15) is 44.3 Å². The average Bonchev–Trinajstić information content (AvgIpc) is 3.32. The van der Waals surface area contributed by atoms with E-state index in [0.717, 1.165) is 20.2 Å². The van der Waals surface area contributed by atoms with Crippen molar-refractivity contribution in [3.8, 4) is 0 Å². The number of hydrogen-bond acceptors (Lipinski definition) is 11. The van der Waals surface area contributed by atoms with Gasteiger partial charge in [0.25, 0.3) is 5.91 Å². The first kappa shape index (κ1) is 26.0. The van der Waals surface area contributed by atoms with Gasteiger partial charge in [-0.1, -0.05) is 0 Å². The number of hydrogen-bond donors (Lipinski definition) is 4. The fraction of sp³-hybridized carbons (Fsp3) is 0.524. The molecule has 4 atom stereocenters. The highest BCUT2D eigenvalue weighted by atomic mass is 16.6. The van der Waals surface area contributed by atoms with Crippen molar-refractivity contribution in [3.05, 3.63) is 18.1 Å². The maximum Gasteiger partial charge on any atom is 0.303 e. The number of nitrogens with one attached hydrogen (secondary N) is 2. The van der Waals surface area contributed by atoms with Crippen LogP contribution in [0.25, 0.3) is 11.0 Å². The van der Waals surface area contributed by atoms with Crippen LogP contribution in [0, 0.1) is 0 Å². The van der Waals surface area contributed by atoms with E-state index in [4.69, 9.17) is 19.9 Å². The lowest BCUT2D eigenvalue weighted by molar-refractivity contribution is -0.165. The van der Waals surface area contributed by atoms with Gasteiger partial charge in [0, 0.05) is 20.0 Å². The monoisotopic (exact) mass is 492 g/mol. The second-order valence-electron chi connectivity index (χ2n) is 8.46. The summed E-state index contributed by atoms with van der Waals surface area (Å²) < 4.78 is 17.9. The van der Waals surface area contributed by atoms with E-state index in [1.807, 2.05) is 0 Å². The van der Waals surface area contributed by atoms with Crippen molar-refractivity contribution in [3.63, 3.8) is 0 Å². The molecule has 3 rings (SSSR count). The van der Waals surface area contributed by atoms with Crippen molar-refractivity contribution >= 4 is 40.6 Å². The van der Waals surface area contributed by atoms with Gasteiger partial charge >= 0.3 is 11.9 Å². The van der Waals surface area contributed by atoms with Crippen LogP contribution in [0.2, 0.25) is 0 Å². The van der Waals surface area contributed by atoms with Gasteiger partial charge < -0.3 is 40.3 Å². The highest BCUT2D eigenvalue weighted by Gasteiger charge is 2.50. The van der Waals surface area contributed by atoms with Crippen molar-refractivity contribution in [1.29, 1.82) is 0 Å². The van der Waals surface area contributed by atoms with Crippen LogP contribution in [-0.4, -0.2) is 80.9 Å². The third-order valence-electron chi connectivity index (χ3n) is 5.64. The number of nitrogens with two attached hydrogens (primary N) is 1. The molecule has 35 heavy (non-hydrogen) atoms. The number of nitrogens with zero attached hydrogens (tertiary/aromatic N) is 3. The van der Waals surface area contributed by atoms with E-state index >= 15 is 0 Å². The van der Waals surface area contributed by atoms with Crippen molar-refractivity contribution < 1.29 is 38.5 Å². The Kier molecular flexibility index (Phi) is 7.38. The van der Waals surface area contributed by atoms with Gasteiger partial charge in [0.2, 0.25) is 5.91 Å². The van der Waals surface area contributed by atoms with Crippen LogP contribution in [0.15, 0.2) is 12.5 Å². The number of fused-ring (bicyclic) bond motifs is 1. The van der Waals surface area contributed by atoms with Crippen molar-refractivity contribution in [1.82, 2.24) is 19.9 Å². The number of aliphatic hydroxyl groups is 1. The van der Waals surface area contributed by atoms with Crippen molar-refractivity contribution in [2.24, 2.45) is 5.73 Å². The van der Waals surface area contributed by atoms with Crippen LogP contribution < -0.4 is 16.4 Å². The zero-order valence-corrected chi connectivity index (χ0v) is 19.9. The second-order valence-corrected chi connectivity index (χ2v) is 8.46. The molecule has 1 aliphatic heterocycles. The zero-order chi connectivity index (χ0) is 26.1. The van der Waals surface area contributed by atoms with E-state index in [1.54, 1.807) is 20.9 Å². The first-order valence-corrected chi connectivity index (χ1v) is 10.7. The van der Waals surface area contributed by atoms with Crippen LogP contribution in [0.3, 0.4) is 0 Å². The van der Waals surface area contributed by atoms with E-state index in [-0.39, 0.29) is 22.4 Å². The molecule has 1 saturated heterocycles. The number of aromatic nitrogens is 3. The molecule has 2 aromatic heterocycles. The Morgan fingerprint density at radius 1 is 1.17 bits per heavy atom. The molecule has 1 aliphatic rings. The smallest absolute Gasteiger partial charge is 0.303 e. The third kappa shape index (κ3) is 5.08. The minimum Gasteiger partial charge on any atom is -0.456 e. The maximum atomic E-state index is 12.7. The van der Waals surface area contributed by atoms with Gasteiger partial charge in [0.1, 0.15) is 23.9 Å². The molecular formula is C21H28N6O8. The van der Waals surface area contributed by atoms with E-state index in [9.17, 15) is 24.3 Å². The van der Waals surface area contributed by atoms with Gasteiger partial charge in [-0.3, -0.25) is 19.2 Å². The minimum absolute atomic E-state index is 0.0214. The first-order chi connectivity index (χ1) is 16.4. The van der Waals surface area contributed by atoms with Crippen molar-refractivity contribution in [2.45, 2.75) is 57.8 Å². The number of aliphatic hydroxyl groups excluding tert-OH is 1. The Bertz CT molecular complexity index is 1160. The molecule has 0 aliphatic carbocycles. The summed E-state index contributed by atoms with van der Waals surface area (Å²) >= 11 is 0. The van der Waals surface area contributed by atoms with Gasteiger partial charge in [-0.25, -0.2) is 9.97 Å². The fourth-order valence-electron chi connectivity index (χ4n) is 3.67. The molecule has 14 nitrogen and oxygen atoms in total.